The molecule has 0 aliphatic carbocycles. The molecule has 0 N–H and O–H groups in total. The Morgan fingerprint density at radius 1 is 0.500 bits per heavy atom. The van der Waals surface area contributed by atoms with Crippen LogP contribution in [0.4, 0.5) is 34.3 Å². The van der Waals surface area contributed by atoms with Crippen molar-refractivity contribution >= 4 is 68.4 Å². The number of furan rings is 1. The van der Waals surface area contributed by atoms with Crippen molar-refractivity contribution < 1.29 is 4.42 Å². The van der Waals surface area contributed by atoms with Crippen molar-refractivity contribution in [1.29, 1.82) is 0 Å². The fraction of sp³-hybridized carbons (Fsp3) is 0.200. The fourth-order valence-corrected chi connectivity index (χ4v) is 7.11. The third-order valence-corrected chi connectivity index (χ3v) is 9.41. The molecule has 2 aliphatic rings. The van der Waals surface area contributed by atoms with E-state index in [2.05, 4.69) is 167 Å². The first-order chi connectivity index (χ1) is 21.1. The third kappa shape index (κ3) is 3.97. The second kappa shape index (κ2) is 9.40. The van der Waals surface area contributed by atoms with Crippen molar-refractivity contribution in [3.63, 3.8) is 0 Å². The molecule has 0 saturated heterocycles. The Labute approximate surface area is 260 Å². The molecule has 2 aliphatic heterocycles. The van der Waals surface area contributed by atoms with E-state index in [0.29, 0.717) is 0 Å². The highest BCUT2D eigenvalue weighted by Crippen LogP contribution is 2.45. The molecule has 4 heteroatoms. The fourth-order valence-electron chi connectivity index (χ4n) is 7.11. The van der Waals surface area contributed by atoms with E-state index in [1.807, 2.05) is 0 Å². The lowest BCUT2D eigenvalue weighted by Gasteiger charge is -2.42. The first-order valence-electron chi connectivity index (χ1n) is 15.7. The van der Waals surface area contributed by atoms with E-state index < -0.39 is 0 Å². The van der Waals surface area contributed by atoms with Gasteiger partial charge in [0.25, 0.3) is 6.71 Å². The van der Waals surface area contributed by atoms with Crippen LogP contribution in [0.5, 0.6) is 0 Å². The van der Waals surface area contributed by atoms with Gasteiger partial charge in [0.1, 0.15) is 5.58 Å². The van der Waals surface area contributed by atoms with Gasteiger partial charge in [0.15, 0.2) is 0 Å². The summed E-state index contributed by atoms with van der Waals surface area (Å²) < 4.78 is 6.79. The van der Waals surface area contributed by atoms with Crippen LogP contribution in [0.15, 0.2) is 120 Å². The van der Waals surface area contributed by atoms with Gasteiger partial charge in [-0.1, -0.05) is 108 Å². The van der Waals surface area contributed by atoms with Crippen molar-refractivity contribution in [2.75, 3.05) is 9.80 Å². The topological polar surface area (TPSA) is 19.6 Å². The van der Waals surface area contributed by atoms with Crippen LogP contribution in [0.2, 0.25) is 0 Å². The maximum absolute atomic E-state index is 6.79. The van der Waals surface area contributed by atoms with Gasteiger partial charge in [-0.05, 0) is 81.4 Å². The minimum absolute atomic E-state index is 0.0475. The van der Waals surface area contributed by atoms with Gasteiger partial charge >= 0.3 is 0 Å². The van der Waals surface area contributed by atoms with Crippen molar-refractivity contribution in [2.24, 2.45) is 0 Å². The summed E-state index contributed by atoms with van der Waals surface area (Å²) in [6, 6.07) is 42.3. The number of anilines is 6. The highest BCUT2D eigenvalue weighted by atomic mass is 16.4. The van der Waals surface area contributed by atoms with Gasteiger partial charge in [0.05, 0.1) is 0 Å². The highest BCUT2D eigenvalue weighted by Gasteiger charge is 2.45. The van der Waals surface area contributed by atoms with Gasteiger partial charge < -0.3 is 9.32 Å². The Hall–Kier alpha value is -4.70. The SMILES string of the molecule is CC(C)(C)c1ccc(N2c3ccccc3B3c4c2cccc4N(c2ccc(C(C)(C)C)cc2)c2oc4ccccc4c23)cc1. The van der Waals surface area contributed by atoms with Gasteiger partial charge in [0.2, 0.25) is 5.88 Å². The highest BCUT2D eigenvalue weighted by molar-refractivity contribution is 7.01. The van der Waals surface area contributed by atoms with E-state index >= 15 is 0 Å². The van der Waals surface area contributed by atoms with Gasteiger partial charge in [-0.3, -0.25) is 4.90 Å². The number of rotatable bonds is 2. The summed E-state index contributed by atoms with van der Waals surface area (Å²) in [6.07, 6.45) is 0. The lowest BCUT2D eigenvalue weighted by Crippen LogP contribution is -2.61. The molecule has 3 nitrogen and oxygen atoms in total. The number of para-hydroxylation sites is 2. The molecule has 0 atom stereocenters. The zero-order valence-corrected chi connectivity index (χ0v) is 26.3. The average Bonchev–Trinajstić information content (AvgIpc) is 3.39. The summed E-state index contributed by atoms with van der Waals surface area (Å²) >= 11 is 0. The zero-order chi connectivity index (χ0) is 30.4. The number of hydrogen-bond acceptors (Lipinski definition) is 3. The number of fused-ring (bicyclic) bond motifs is 6. The van der Waals surface area contributed by atoms with Crippen LogP contribution in [0.1, 0.15) is 52.7 Å². The van der Waals surface area contributed by atoms with Gasteiger partial charge in [0, 0.05) is 39.3 Å². The van der Waals surface area contributed by atoms with Crippen molar-refractivity contribution in [3.8, 4) is 0 Å². The van der Waals surface area contributed by atoms with Crippen molar-refractivity contribution in [3.05, 3.63) is 126 Å². The Balaban J connectivity index is 1.41. The maximum Gasteiger partial charge on any atom is 0.257 e. The van der Waals surface area contributed by atoms with E-state index in [9.17, 15) is 0 Å². The molecule has 0 radical (unpaired) electrons. The average molecular weight is 573 g/mol. The van der Waals surface area contributed by atoms with Crippen LogP contribution in [-0.4, -0.2) is 6.71 Å². The quantitative estimate of drug-likeness (QED) is 0.193. The van der Waals surface area contributed by atoms with Crippen LogP contribution in [0.25, 0.3) is 11.0 Å². The van der Waals surface area contributed by atoms with E-state index in [0.717, 1.165) is 22.8 Å². The van der Waals surface area contributed by atoms with Crippen LogP contribution < -0.4 is 26.2 Å². The molecular weight excluding hydrogens is 535 g/mol. The molecule has 0 bridgehead atoms. The molecule has 1 aromatic heterocycles. The zero-order valence-electron chi connectivity index (χ0n) is 26.3. The van der Waals surface area contributed by atoms with E-state index in [-0.39, 0.29) is 17.5 Å². The van der Waals surface area contributed by atoms with Crippen LogP contribution in [0, 0.1) is 0 Å². The Kier molecular flexibility index (Phi) is 5.75. The summed E-state index contributed by atoms with van der Waals surface area (Å²) in [6.45, 7) is 13.6. The standard InChI is InChI=1S/C40H37BN2O/c1-39(2,3)26-18-22-28(23-19-26)42-32-14-9-8-13-31(32)41-36-30-12-7-10-17-35(30)44-38(36)43(34-16-11-15-33(42)37(34)41)29-24-20-27(21-25-29)40(4,5)6/h7-25H,1-6H3. The predicted octanol–water partition coefficient (Wildman–Crippen LogP) is 9.11. The molecule has 0 fully saturated rings. The lowest BCUT2D eigenvalue weighted by atomic mass is 9.33. The molecular formula is C40H37BN2O. The van der Waals surface area contributed by atoms with Crippen LogP contribution in [0.3, 0.4) is 0 Å². The second-order valence-electron chi connectivity index (χ2n) is 14.3. The van der Waals surface area contributed by atoms with Crippen LogP contribution >= 0.6 is 0 Å². The molecule has 216 valence electrons. The molecule has 0 saturated carbocycles. The minimum Gasteiger partial charge on any atom is -0.440 e. The molecule has 6 aromatic rings. The van der Waals surface area contributed by atoms with Crippen molar-refractivity contribution in [2.45, 2.75) is 52.4 Å². The summed E-state index contributed by atoms with van der Waals surface area (Å²) in [7, 11) is 0. The van der Waals surface area contributed by atoms with E-state index in [1.165, 1.54) is 50.0 Å². The molecule has 3 heterocycles. The van der Waals surface area contributed by atoms with Crippen LogP contribution in [-0.2, 0) is 10.8 Å². The van der Waals surface area contributed by atoms with Gasteiger partial charge in [-0.25, -0.2) is 0 Å². The molecule has 44 heavy (non-hydrogen) atoms. The van der Waals surface area contributed by atoms with E-state index in [1.54, 1.807) is 0 Å². The minimum atomic E-state index is 0.0475. The predicted molar refractivity (Wildman–Crippen MR) is 188 cm³/mol. The maximum atomic E-state index is 6.79. The second-order valence-corrected chi connectivity index (χ2v) is 14.3. The monoisotopic (exact) mass is 572 g/mol. The Bertz CT molecular complexity index is 2040. The summed E-state index contributed by atoms with van der Waals surface area (Å²) in [4.78, 5) is 4.79. The molecule has 5 aromatic carbocycles. The number of benzene rings is 5. The third-order valence-electron chi connectivity index (χ3n) is 9.41. The molecule has 0 unspecified atom stereocenters. The lowest BCUT2D eigenvalue weighted by molar-refractivity contribution is 0.590. The summed E-state index contributed by atoms with van der Waals surface area (Å²) in [5.41, 5.74) is 13.4. The van der Waals surface area contributed by atoms with Gasteiger partial charge in [-0.15, -0.1) is 0 Å². The molecule has 8 rings (SSSR count). The first kappa shape index (κ1) is 26.9. The summed E-state index contributed by atoms with van der Waals surface area (Å²) in [5, 5.41) is 1.17. The number of nitrogens with zero attached hydrogens (tertiary/aromatic N) is 2. The largest absolute Gasteiger partial charge is 0.440 e. The molecule has 0 spiro atoms. The molecule has 0 amide bonds. The van der Waals surface area contributed by atoms with Gasteiger partial charge in [-0.2, -0.15) is 0 Å². The summed E-state index contributed by atoms with van der Waals surface area (Å²) in [5.74, 6) is 0.905. The Morgan fingerprint density at radius 3 is 1.66 bits per heavy atom. The normalized spacial score (nSPS) is 14.0. The Morgan fingerprint density at radius 2 is 1.02 bits per heavy atom. The number of hydrogen-bond donors (Lipinski definition) is 0. The van der Waals surface area contributed by atoms with Crippen molar-refractivity contribution in [1.82, 2.24) is 0 Å². The van der Waals surface area contributed by atoms with E-state index in [4.69, 9.17) is 4.42 Å². The first-order valence-corrected chi connectivity index (χ1v) is 15.7. The smallest absolute Gasteiger partial charge is 0.257 e.